The summed E-state index contributed by atoms with van der Waals surface area (Å²) >= 11 is 0. The van der Waals surface area contributed by atoms with E-state index in [1.165, 1.54) is 0 Å². The van der Waals surface area contributed by atoms with Gasteiger partial charge in [-0.1, -0.05) is 36.4 Å². The minimum absolute atomic E-state index is 0.00412. The van der Waals surface area contributed by atoms with Crippen molar-refractivity contribution < 1.29 is 4.92 Å². The van der Waals surface area contributed by atoms with E-state index in [0.29, 0.717) is 5.69 Å². The summed E-state index contributed by atoms with van der Waals surface area (Å²) in [5, 5.41) is 11.2. The summed E-state index contributed by atoms with van der Waals surface area (Å²) in [6.45, 7) is 0. The zero-order valence-electron chi connectivity index (χ0n) is 11.4. The predicted molar refractivity (Wildman–Crippen MR) is 80.4 cm³/mol. The van der Waals surface area contributed by atoms with Gasteiger partial charge in [0.25, 0.3) is 5.69 Å². The highest BCUT2D eigenvalue weighted by molar-refractivity contribution is 5.74. The van der Waals surface area contributed by atoms with Crippen molar-refractivity contribution in [3.8, 4) is 11.1 Å². The van der Waals surface area contributed by atoms with Crippen LogP contribution in [0.4, 0.5) is 11.4 Å². The van der Waals surface area contributed by atoms with Gasteiger partial charge in [0.05, 0.1) is 11.3 Å². The fraction of sp³-hybridized carbons (Fsp3) is 0.133. The van der Waals surface area contributed by atoms with E-state index < -0.39 is 4.92 Å². The maximum atomic E-state index is 11.2. The highest BCUT2D eigenvalue weighted by Crippen LogP contribution is 2.32. The third-order valence-corrected chi connectivity index (χ3v) is 2.71. The number of hydrogen-bond acceptors (Lipinski definition) is 3. The van der Waals surface area contributed by atoms with Crippen molar-refractivity contribution >= 4 is 17.7 Å². The molecule has 2 aromatic carbocycles. The van der Waals surface area contributed by atoms with E-state index in [1.54, 1.807) is 23.4 Å². The minimum atomic E-state index is -0.408. The van der Waals surface area contributed by atoms with Crippen LogP contribution in [-0.4, -0.2) is 30.3 Å². The minimum Gasteiger partial charge on any atom is -0.369 e. The van der Waals surface area contributed by atoms with E-state index in [0.717, 1.165) is 11.1 Å². The number of nitro groups is 1. The molecular weight excluding hydrogens is 254 g/mol. The fourth-order valence-electron chi connectivity index (χ4n) is 1.77. The van der Waals surface area contributed by atoms with Gasteiger partial charge in [0.15, 0.2) is 0 Å². The average molecular weight is 269 g/mol. The molecule has 0 amide bonds. The van der Waals surface area contributed by atoms with Gasteiger partial charge in [0.2, 0.25) is 0 Å². The van der Waals surface area contributed by atoms with Crippen LogP contribution < -0.4 is 0 Å². The molecule has 2 aromatic rings. The molecule has 0 spiro atoms. The largest absolute Gasteiger partial charge is 0.369 e. The lowest BCUT2D eigenvalue weighted by molar-refractivity contribution is -0.384. The van der Waals surface area contributed by atoms with Crippen LogP contribution >= 0.6 is 0 Å². The van der Waals surface area contributed by atoms with Crippen molar-refractivity contribution in [2.24, 2.45) is 4.99 Å². The van der Waals surface area contributed by atoms with Gasteiger partial charge in [-0.05, 0) is 17.2 Å². The van der Waals surface area contributed by atoms with Gasteiger partial charge in [0.1, 0.15) is 5.69 Å². The molecule has 102 valence electrons. The first-order valence-corrected chi connectivity index (χ1v) is 6.12. The van der Waals surface area contributed by atoms with Gasteiger partial charge in [-0.2, -0.15) is 0 Å². The molecule has 0 aromatic heterocycles. The molecular formula is C15H15N3O2. The van der Waals surface area contributed by atoms with Crippen LogP contribution in [0.1, 0.15) is 0 Å². The second-order valence-electron chi connectivity index (χ2n) is 4.53. The van der Waals surface area contributed by atoms with Crippen molar-refractivity contribution in [1.82, 2.24) is 4.90 Å². The molecule has 0 heterocycles. The molecule has 0 N–H and O–H groups in total. The molecule has 0 aliphatic carbocycles. The first-order valence-electron chi connectivity index (χ1n) is 6.12. The van der Waals surface area contributed by atoms with Gasteiger partial charge in [0, 0.05) is 20.2 Å². The number of hydrogen-bond donors (Lipinski definition) is 0. The topological polar surface area (TPSA) is 58.7 Å². The highest BCUT2D eigenvalue weighted by Gasteiger charge is 2.14. The molecule has 0 radical (unpaired) electrons. The van der Waals surface area contributed by atoms with Crippen molar-refractivity contribution in [2.75, 3.05) is 14.1 Å². The summed E-state index contributed by atoms with van der Waals surface area (Å²) in [7, 11) is 3.63. The molecule has 5 nitrogen and oxygen atoms in total. The van der Waals surface area contributed by atoms with E-state index in [1.807, 2.05) is 50.5 Å². The normalized spacial score (nSPS) is 10.7. The Bertz CT molecular complexity index is 637. The molecule has 0 bridgehead atoms. The summed E-state index contributed by atoms with van der Waals surface area (Å²) in [5.41, 5.74) is 2.10. The van der Waals surface area contributed by atoms with Crippen LogP contribution in [-0.2, 0) is 0 Å². The van der Waals surface area contributed by atoms with Gasteiger partial charge in [-0.15, -0.1) is 0 Å². The molecule has 0 aliphatic rings. The number of aliphatic imine (C=N–C) groups is 1. The summed E-state index contributed by atoms with van der Waals surface area (Å²) < 4.78 is 0. The lowest BCUT2D eigenvalue weighted by Crippen LogP contribution is -2.07. The van der Waals surface area contributed by atoms with Gasteiger partial charge in [-0.3, -0.25) is 10.1 Å². The first kappa shape index (κ1) is 13.7. The summed E-state index contributed by atoms with van der Waals surface area (Å²) in [4.78, 5) is 16.6. The number of nitrogens with zero attached hydrogens (tertiary/aromatic N) is 3. The third-order valence-electron chi connectivity index (χ3n) is 2.71. The summed E-state index contributed by atoms with van der Waals surface area (Å²) in [5.74, 6) is 0. The van der Waals surface area contributed by atoms with Crippen molar-refractivity contribution in [1.29, 1.82) is 0 Å². The second kappa shape index (κ2) is 5.97. The summed E-state index contributed by atoms with van der Waals surface area (Å²) in [6.07, 6.45) is 1.55. The van der Waals surface area contributed by atoms with Crippen LogP contribution in [0.3, 0.4) is 0 Å². The zero-order chi connectivity index (χ0) is 14.5. The van der Waals surface area contributed by atoms with Crippen LogP contribution in [0, 0.1) is 10.1 Å². The molecule has 0 atom stereocenters. The Balaban J connectivity index is 2.45. The lowest BCUT2D eigenvalue weighted by atomic mass is 10.0. The fourth-order valence-corrected chi connectivity index (χ4v) is 1.77. The molecule has 0 unspecified atom stereocenters. The van der Waals surface area contributed by atoms with Gasteiger partial charge < -0.3 is 4.90 Å². The monoisotopic (exact) mass is 269 g/mol. The second-order valence-corrected chi connectivity index (χ2v) is 4.53. The van der Waals surface area contributed by atoms with Crippen molar-refractivity contribution in [2.45, 2.75) is 0 Å². The third kappa shape index (κ3) is 3.20. The Morgan fingerprint density at radius 1 is 1.10 bits per heavy atom. The Hall–Kier alpha value is -2.69. The maximum Gasteiger partial charge on any atom is 0.295 e. The highest BCUT2D eigenvalue weighted by atomic mass is 16.6. The Morgan fingerprint density at radius 2 is 1.80 bits per heavy atom. The Labute approximate surface area is 117 Å². The Kier molecular flexibility index (Phi) is 4.10. The van der Waals surface area contributed by atoms with E-state index in [9.17, 15) is 10.1 Å². The summed E-state index contributed by atoms with van der Waals surface area (Å²) in [6, 6.07) is 14.6. The number of benzene rings is 2. The molecule has 0 saturated heterocycles. The van der Waals surface area contributed by atoms with E-state index in [4.69, 9.17) is 0 Å². The van der Waals surface area contributed by atoms with E-state index in [-0.39, 0.29) is 5.69 Å². The van der Waals surface area contributed by atoms with Crippen LogP contribution in [0.2, 0.25) is 0 Å². The van der Waals surface area contributed by atoms with Crippen LogP contribution in [0.15, 0.2) is 53.5 Å². The van der Waals surface area contributed by atoms with E-state index in [2.05, 4.69) is 4.99 Å². The van der Waals surface area contributed by atoms with Gasteiger partial charge >= 0.3 is 0 Å². The van der Waals surface area contributed by atoms with Crippen LogP contribution in [0.25, 0.3) is 11.1 Å². The zero-order valence-corrected chi connectivity index (χ0v) is 11.4. The van der Waals surface area contributed by atoms with Crippen molar-refractivity contribution in [3.05, 3.63) is 58.6 Å². The molecule has 0 saturated carbocycles. The van der Waals surface area contributed by atoms with Gasteiger partial charge in [-0.25, -0.2) is 4.99 Å². The molecule has 0 fully saturated rings. The standard InChI is InChI=1S/C15H15N3O2/c1-17(2)11-16-14-9-8-13(10-15(14)18(19)20)12-6-4-3-5-7-12/h3-11H,1-2H3. The molecule has 0 aliphatic heterocycles. The molecule has 5 heteroatoms. The number of rotatable bonds is 4. The van der Waals surface area contributed by atoms with Crippen molar-refractivity contribution in [3.63, 3.8) is 0 Å². The lowest BCUT2D eigenvalue weighted by Gasteiger charge is -2.05. The number of nitro benzene ring substituents is 1. The maximum absolute atomic E-state index is 11.2. The predicted octanol–water partition coefficient (Wildman–Crippen LogP) is 3.48. The smallest absolute Gasteiger partial charge is 0.295 e. The van der Waals surface area contributed by atoms with E-state index >= 15 is 0 Å². The average Bonchev–Trinajstić information content (AvgIpc) is 2.45. The Morgan fingerprint density at radius 3 is 2.40 bits per heavy atom. The SMILES string of the molecule is CN(C)C=Nc1ccc(-c2ccccc2)cc1[N+](=O)[O-]. The first-order chi connectivity index (χ1) is 9.58. The van der Waals surface area contributed by atoms with Crippen LogP contribution in [0.5, 0.6) is 0 Å². The molecule has 20 heavy (non-hydrogen) atoms. The quantitative estimate of drug-likeness (QED) is 0.369. The molecule has 2 rings (SSSR count).